The van der Waals surface area contributed by atoms with Crippen LogP contribution in [-0.2, 0) is 17.8 Å². The maximum atomic E-state index is 5.88. The van der Waals surface area contributed by atoms with E-state index in [2.05, 4.69) is 33.9 Å². The Bertz CT molecular complexity index is 682. The molecule has 4 rings (SSSR count). The molecular weight excluding hydrogens is 316 g/mol. The van der Waals surface area contributed by atoms with E-state index in [0.717, 1.165) is 57.2 Å². The van der Waals surface area contributed by atoms with Gasteiger partial charge in [-0.1, -0.05) is 12.1 Å². The number of anilines is 1. The predicted molar refractivity (Wildman–Crippen MR) is 96.8 cm³/mol. The summed E-state index contributed by atoms with van der Waals surface area (Å²) in [6.45, 7) is 5.29. The number of fused-ring (bicyclic) bond motifs is 1. The third-order valence-electron chi connectivity index (χ3n) is 4.84. The minimum Gasteiger partial charge on any atom is -0.491 e. The van der Waals surface area contributed by atoms with E-state index in [1.807, 2.05) is 23.0 Å². The highest BCUT2D eigenvalue weighted by Gasteiger charge is 2.18. The smallest absolute Gasteiger partial charge is 0.124 e. The van der Waals surface area contributed by atoms with Gasteiger partial charge in [0.25, 0.3) is 0 Å². The molecule has 134 valence electrons. The quantitative estimate of drug-likeness (QED) is 0.808. The van der Waals surface area contributed by atoms with Crippen molar-refractivity contribution in [3.63, 3.8) is 0 Å². The minimum absolute atomic E-state index is 0.257. The van der Waals surface area contributed by atoms with Gasteiger partial charge < -0.3 is 20.1 Å². The van der Waals surface area contributed by atoms with Gasteiger partial charge in [-0.05, 0) is 30.5 Å². The van der Waals surface area contributed by atoms with Crippen LogP contribution in [-0.4, -0.2) is 42.2 Å². The standard InChI is InChI=1S/C19H26N4O2/c1-3-15(9-17(4-1)25-14-18-5-2-8-24-18)10-20-11-16-12-21-19-6-7-22-23(19)13-16/h1,3-4,6-7,9,16,18,20-21H,2,5,8,10-14H2/t16-,18-/m1/s1. The molecule has 1 fully saturated rings. The van der Waals surface area contributed by atoms with Crippen molar-refractivity contribution in [2.24, 2.45) is 5.92 Å². The van der Waals surface area contributed by atoms with Gasteiger partial charge in [-0.15, -0.1) is 0 Å². The average Bonchev–Trinajstić information content (AvgIpc) is 3.31. The van der Waals surface area contributed by atoms with Crippen LogP contribution in [0.3, 0.4) is 0 Å². The Morgan fingerprint density at radius 1 is 1.36 bits per heavy atom. The summed E-state index contributed by atoms with van der Waals surface area (Å²) in [5.41, 5.74) is 1.24. The summed E-state index contributed by atoms with van der Waals surface area (Å²) in [7, 11) is 0. The number of aromatic nitrogens is 2. The van der Waals surface area contributed by atoms with E-state index in [9.17, 15) is 0 Å². The fourth-order valence-electron chi connectivity index (χ4n) is 3.45. The lowest BCUT2D eigenvalue weighted by atomic mass is 10.1. The topological polar surface area (TPSA) is 60.3 Å². The third kappa shape index (κ3) is 4.32. The first-order valence-corrected chi connectivity index (χ1v) is 9.16. The molecule has 0 aliphatic carbocycles. The Morgan fingerprint density at radius 2 is 2.36 bits per heavy atom. The molecule has 3 heterocycles. The average molecular weight is 342 g/mol. The molecule has 0 spiro atoms. The van der Waals surface area contributed by atoms with Gasteiger partial charge >= 0.3 is 0 Å². The van der Waals surface area contributed by atoms with Gasteiger partial charge in [-0.2, -0.15) is 5.10 Å². The second-order valence-electron chi connectivity index (χ2n) is 6.87. The normalized spacial score (nSPS) is 22.4. The van der Waals surface area contributed by atoms with Gasteiger partial charge in [-0.25, -0.2) is 4.68 Å². The molecule has 1 aromatic carbocycles. The Hall–Kier alpha value is -2.05. The SMILES string of the molecule is c1cc(CNC[C@@H]2CNc3ccnn3C2)cc(OC[C@H]2CCCO2)c1. The molecule has 2 aliphatic rings. The zero-order valence-corrected chi connectivity index (χ0v) is 14.5. The maximum Gasteiger partial charge on any atom is 0.124 e. The van der Waals surface area contributed by atoms with E-state index in [-0.39, 0.29) is 6.10 Å². The van der Waals surface area contributed by atoms with E-state index >= 15 is 0 Å². The van der Waals surface area contributed by atoms with E-state index < -0.39 is 0 Å². The molecule has 1 aromatic heterocycles. The first-order valence-electron chi connectivity index (χ1n) is 9.16. The number of nitrogens with one attached hydrogen (secondary N) is 2. The summed E-state index contributed by atoms with van der Waals surface area (Å²) in [4.78, 5) is 0. The summed E-state index contributed by atoms with van der Waals surface area (Å²) in [5.74, 6) is 2.59. The van der Waals surface area contributed by atoms with Crippen LogP contribution in [0, 0.1) is 5.92 Å². The molecule has 0 saturated carbocycles. The van der Waals surface area contributed by atoms with Crippen molar-refractivity contribution in [1.82, 2.24) is 15.1 Å². The molecule has 2 aromatic rings. The number of benzene rings is 1. The van der Waals surface area contributed by atoms with Crippen LogP contribution in [0.1, 0.15) is 18.4 Å². The van der Waals surface area contributed by atoms with E-state index in [0.29, 0.717) is 12.5 Å². The Kier molecular flexibility index (Phi) is 5.18. The van der Waals surface area contributed by atoms with Gasteiger partial charge in [0.15, 0.2) is 0 Å². The third-order valence-corrected chi connectivity index (χ3v) is 4.84. The van der Waals surface area contributed by atoms with Crippen LogP contribution >= 0.6 is 0 Å². The molecule has 0 amide bonds. The molecule has 25 heavy (non-hydrogen) atoms. The van der Waals surface area contributed by atoms with Gasteiger partial charge in [-0.3, -0.25) is 0 Å². The number of ether oxygens (including phenoxy) is 2. The van der Waals surface area contributed by atoms with Crippen LogP contribution in [0.4, 0.5) is 5.82 Å². The molecule has 1 saturated heterocycles. The van der Waals surface area contributed by atoms with Crippen molar-refractivity contribution in [3.05, 3.63) is 42.1 Å². The van der Waals surface area contributed by atoms with Crippen LogP contribution < -0.4 is 15.4 Å². The highest BCUT2D eigenvalue weighted by atomic mass is 16.5. The lowest BCUT2D eigenvalue weighted by Crippen LogP contribution is -2.35. The highest BCUT2D eigenvalue weighted by molar-refractivity contribution is 5.35. The molecule has 2 atom stereocenters. The summed E-state index contributed by atoms with van der Waals surface area (Å²) in [5, 5.41) is 11.3. The van der Waals surface area contributed by atoms with Gasteiger partial charge in [0.05, 0.1) is 12.3 Å². The molecule has 0 radical (unpaired) electrons. The fraction of sp³-hybridized carbons (Fsp3) is 0.526. The van der Waals surface area contributed by atoms with Gasteiger partial charge in [0.1, 0.15) is 18.2 Å². The zero-order valence-electron chi connectivity index (χ0n) is 14.5. The van der Waals surface area contributed by atoms with Gasteiger partial charge in [0, 0.05) is 44.8 Å². The van der Waals surface area contributed by atoms with Gasteiger partial charge in [0.2, 0.25) is 0 Å². The molecule has 0 bridgehead atoms. The summed E-state index contributed by atoms with van der Waals surface area (Å²) in [6, 6.07) is 10.3. The summed E-state index contributed by atoms with van der Waals surface area (Å²) < 4.78 is 13.5. The first kappa shape index (κ1) is 16.4. The van der Waals surface area contributed by atoms with E-state index in [4.69, 9.17) is 9.47 Å². The van der Waals surface area contributed by atoms with Crippen molar-refractivity contribution >= 4 is 5.82 Å². The number of nitrogens with zero attached hydrogens (tertiary/aromatic N) is 2. The second kappa shape index (κ2) is 7.89. The highest BCUT2D eigenvalue weighted by Crippen LogP contribution is 2.18. The van der Waals surface area contributed by atoms with Crippen molar-refractivity contribution < 1.29 is 9.47 Å². The summed E-state index contributed by atoms with van der Waals surface area (Å²) >= 11 is 0. The van der Waals surface area contributed by atoms with E-state index in [1.165, 1.54) is 5.56 Å². The van der Waals surface area contributed by atoms with Crippen molar-refractivity contribution in [1.29, 1.82) is 0 Å². The Morgan fingerprint density at radius 3 is 3.28 bits per heavy atom. The molecular formula is C19H26N4O2. The predicted octanol–water partition coefficient (Wildman–Crippen LogP) is 2.27. The summed E-state index contributed by atoms with van der Waals surface area (Å²) in [6.07, 6.45) is 4.36. The number of rotatable bonds is 7. The minimum atomic E-state index is 0.257. The zero-order chi connectivity index (χ0) is 16.9. The van der Waals surface area contributed by atoms with E-state index in [1.54, 1.807) is 0 Å². The van der Waals surface area contributed by atoms with Crippen molar-refractivity contribution in [2.45, 2.75) is 32.0 Å². The van der Waals surface area contributed by atoms with Crippen LogP contribution in [0.2, 0.25) is 0 Å². The monoisotopic (exact) mass is 342 g/mol. The van der Waals surface area contributed by atoms with Crippen molar-refractivity contribution in [2.75, 3.05) is 31.6 Å². The van der Waals surface area contributed by atoms with Crippen LogP contribution in [0.15, 0.2) is 36.5 Å². The second-order valence-corrected chi connectivity index (χ2v) is 6.87. The largest absolute Gasteiger partial charge is 0.491 e. The number of hydrogen-bond donors (Lipinski definition) is 2. The Labute approximate surface area is 148 Å². The maximum absolute atomic E-state index is 5.88. The molecule has 6 nitrogen and oxygen atoms in total. The molecule has 2 aliphatic heterocycles. The molecule has 0 unspecified atom stereocenters. The fourth-order valence-corrected chi connectivity index (χ4v) is 3.45. The molecule has 2 N–H and O–H groups in total. The van der Waals surface area contributed by atoms with Crippen LogP contribution in [0.5, 0.6) is 5.75 Å². The Balaban J connectivity index is 1.22. The lowest BCUT2D eigenvalue weighted by Gasteiger charge is -2.25. The van der Waals surface area contributed by atoms with Crippen molar-refractivity contribution in [3.8, 4) is 5.75 Å². The van der Waals surface area contributed by atoms with Crippen LogP contribution in [0.25, 0.3) is 0 Å². The molecule has 6 heteroatoms. The first-order chi connectivity index (χ1) is 12.4. The number of hydrogen-bond acceptors (Lipinski definition) is 5. The lowest BCUT2D eigenvalue weighted by molar-refractivity contribution is 0.0679.